The average Bonchev–Trinajstić information content (AvgIpc) is 2.75. The maximum absolute atomic E-state index is 12.2. The number of hydrogen-bond acceptors (Lipinski definition) is 4. The standard InChI is InChI=1S/C13H24N2O4/c1-13(2,3)10(14)5-11(16)15(4)9-7-19-6-8(9)12(17)18/h8-10H,5-7,14H2,1-4H3,(H,17,18). The first-order valence-electron chi connectivity index (χ1n) is 6.46. The maximum atomic E-state index is 12.2. The Kier molecular flexibility index (Phi) is 4.92. The molecule has 1 rings (SSSR count). The van der Waals surface area contributed by atoms with Gasteiger partial charge in [0, 0.05) is 19.5 Å². The Morgan fingerprint density at radius 1 is 1.42 bits per heavy atom. The monoisotopic (exact) mass is 272 g/mol. The highest BCUT2D eigenvalue weighted by atomic mass is 16.5. The average molecular weight is 272 g/mol. The largest absolute Gasteiger partial charge is 0.481 e. The normalized spacial score (nSPS) is 25.1. The third-order valence-electron chi connectivity index (χ3n) is 3.77. The van der Waals surface area contributed by atoms with Gasteiger partial charge in [0.1, 0.15) is 5.92 Å². The zero-order valence-electron chi connectivity index (χ0n) is 12.0. The Morgan fingerprint density at radius 2 is 2.00 bits per heavy atom. The Hall–Kier alpha value is -1.14. The quantitative estimate of drug-likeness (QED) is 0.768. The number of aliphatic carboxylic acids is 1. The molecule has 0 bridgehead atoms. The second kappa shape index (κ2) is 5.88. The number of carboxylic acid groups (broad SMARTS) is 1. The number of hydrogen-bond donors (Lipinski definition) is 2. The van der Waals surface area contributed by atoms with E-state index in [-0.39, 0.29) is 37.0 Å². The van der Waals surface area contributed by atoms with E-state index in [9.17, 15) is 9.59 Å². The minimum atomic E-state index is -0.928. The fraction of sp³-hybridized carbons (Fsp3) is 0.846. The molecule has 0 aromatic heterocycles. The van der Waals surface area contributed by atoms with Crippen LogP contribution in [0.1, 0.15) is 27.2 Å². The minimum absolute atomic E-state index is 0.135. The van der Waals surface area contributed by atoms with E-state index < -0.39 is 17.9 Å². The molecule has 1 aliphatic rings. The molecule has 0 radical (unpaired) electrons. The summed E-state index contributed by atoms with van der Waals surface area (Å²) in [6.07, 6.45) is 0.211. The number of rotatable bonds is 4. The van der Waals surface area contributed by atoms with Crippen molar-refractivity contribution in [3.05, 3.63) is 0 Å². The van der Waals surface area contributed by atoms with Gasteiger partial charge in [-0.1, -0.05) is 20.8 Å². The first kappa shape index (κ1) is 15.9. The fourth-order valence-corrected chi connectivity index (χ4v) is 1.98. The van der Waals surface area contributed by atoms with Gasteiger partial charge in [-0.05, 0) is 5.41 Å². The van der Waals surface area contributed by atoms with Gasteiger partial charge in [0.15, 0.2) is 0 Å². The molecule has 19 heavy (non-hydrogen) atoms. The van der Waals surface area contributed by atoms with Crippen molar-refractivity contribution in [3.63, 3.8) is 0 Å². The molecule has 0 aromatic rings. The van der Waals surface area contributed by atoms with E-state index >= 15 is 0 Å². The predicted molar refractivity (Wildman–Crippen MR) is 70.6 cm³/mol. The van der Waals surface area contributed by atoms with Gasteiger partial charge in [0.05, 0.1) is 19.3 Å². The van der Waals surface area contributed by atoms with Gasteiger partial charge >= 0.3 is 5.97 Å². The van der Waals surface area contributed by atoms with Crippen molar-refractivity contribution in [3.8, 4) is 0 Å². The molecule has 110 valence electrons. The van der Waals surface area contributed by atoms with E-state index in [2.05, 4.69) is 0 Å². The topological polar surface area (TPSA) is 92.9 Å². The lowest BCUT2D eigenvalue weighted by Gasteiger charge is -2.31. The highest BCUT2D eigenvalue weighted by Gasteiger charge is 2.39. The molecular formula is C13H24N2O4. The molecule has 3 N–H and O–H groups in total. The zero-order valence-corrected chi connectivity index (χ0v) is 12.0. The summed E-state index contributed by atoms with van der Waals surface area (Å²) in [5.74, 6) is -1.72. The summed E-state index contributed by atoms with van der Waals surface area (Å²) in [4.78, 5) is 24.7. The summed E-state index contributed by atoms with van der Waals surface area (Å²) in [7, 11) is 1.62. The number of nitrogens with two attached hydrogens (primary N) is 1. The first-order chi connectivity index (χ1) is 8.64. The van der Waals surface area contributed by atoms with Crippen LogP contribution in [-0.4, -0.2) is 54.2 Å². The summed E-state index contributed by atoms with van der Waals surface area (Å²) >= 11 is 0. The molecule has 0 spiro atoms. The Balaban J connectivity index is 2.64. The van der Waals surface area contributed by atoms with E-state index in [0.717, 1.165) is 0 Å². The molecule has 6 nitrogen and oxygen atoms in total. The molecule has 1 amide bonds. The van der Waals surface area contributed by atoms with E-state index in [4.69, 9.17) is 15.6 Å². The molecule has 3 unspecified atom stereocenters. The van der Waals surface area contributed by atoms with Crippen LogP contribution in [0.2, 0.25) is 0 Å². The summed E-state index contributed by atoms with van der Waals surface area (Å²) in [5, 5.41) is 9.08. The third kappa shape index (κ3) is 3.91. The number of carbonyl (C=O) groups is 2. The Labute approximate surface area is 113 Å². The predicted octanol–water partition coefficient (Wildman–Crippen LogP) is 0.308. The van der Waals surface area contributed by atoms with Gasteiger partial charge in [0.25, 0.3) is 0 Å². The van der Waals surface area contributed by atoms with E-state index in [1.54, 1.807) is 7.05 Å². The number of carbonyl (C=O) groups excluding carboxylic acids is 1. The minimum Gasteiger partial charge on any atom is -0.481 e. The molecule has 6 heteroatoms. The Morgan fingerprint density at radius 3 is 2.47 bits per heavy atom. The van der Waals surface area contributed by atoms with Crippen LogP contribution in [0.4, 0.5) is 0 Å². The summed E-state index contributed by atoms with van der Waals surface area (Å²) < 4.78 is 5.17. The van der Waals surface area contributed by atoms with Gasteiger partial charge < -0.3 is 20.5 Å². The van der Waals surface area contributed by atoms with Crippen LogP contribution in [0.5, 0.6) is 0 Å². The summed E-state index contributed by atoms with van der Waals surface area (Å²) in [6, 6.07) is -0.662. The van der Waals surface area contributed by atoms with Crippen molar-refractivity contribution in [1.82, 2.24) is 4.90 Å². The van der Waals surface area contributed by atoms with Crippen LogP contribution in [0.3, 0.4) is 0 Å². The van der Waals surface area contributed by atoms with E-state index in [0.29, 0.717) is 0 Å². The smallest absolute Gasteiger partial charge is 0.311 e. The molecule has 1 fully saturated rings. The molecule has 0 saturated carbocycles. The molecule has 0 aromatic carbocycles. The van der Waals surface area contributed by atoms with Gasteiger partial charge in [-0.2, -0.15) is 0 Å². The SMILES string of the molecule is CN(C(=O)CC(N)C(C)(C)C)C1COCC1C(=O)O. The lowest BCUT2D eigenvalue weighted by molar-refractivity contribution is -0.144. The van der Waals surface area contributed by atoms with Crippen molar-refractivity contribution < 1.29 is 19.4 Å². The van der Waals surface area contributed by atoms with Gasteiger partial charge in [-0.15, -0.1) is 0 Å². The van der Waals surface area contributed by atoms with Crippen LogP contribution >= 0.6 is 0 Å². The molecular weight excluding hydrogens is 248 g/mol. The maximum Gasteiger partial charge on any atom is 0.311 e. The van der Waals surface area contributed by atoms with Gasteiger partial charge in [-0.3, -0.25) is 9.59 Å². The number of carboxylic acids is 1. The van der Waals surface area contributed by atoms with Crippen LogP contribution in [0.25, 0.3) is 0 Å². The lowest BCUT2D eigenvalue weighted by Crippen LogP contribution is -2.47. The van der Waals surface area contributed by atoms with E-state index in [1.807, 2.05) is 20.8 Å². The zero-order chi connectivity index (χ0) is 14.8. The fourth-order valence-electron chi connectivity index (χ4n) is 1.98. The second-order valence-electron chi connectivity index (χ2n) is 6.23. The molecule has 1 heterocycles. The summed E-state index contributed by atoms with van der Waals surface area (Å²) in [5.41, 5.74) is 5.83. The molecule has 1 aliphatic heterocycles. The van der Waals surface area contributed by atoms with Crippen LogP contribution in [0.15, 0.2) is 0 Å². The molecule has 3 atom stereocenters. The summed E-state index contributed by atoms with van der Waals surface area (Å²) in [6.45, 7) is 6.35. The van der Waals surface area contributed by atoms with Crippen molar-refractivity contribution in [1.29, 1.82) is 0 Å². The van der Waals surface area contributed by atoms with Crippen molar-refractivity contribution in [2.24, 2.45) is 17.1 Å². The van der Waals surface area contributed by atoms with Crippen LogP contribution < -0.4 is 5.73 Å². The van der Waals surface area contributed by atoms with Crippen molar-refractivity contribution in [2.45, 2.75) is 39.3 Å². The van der Waals surface area contributed by atoms with Gasteiger partial charge in [0.2, 0.25) is 5.91 Å². The Bertz CT molecular complexity index is 351. The van der Waals surface area contributed by atoms with Crippen LogP contribution in [0, 0.1) is 11.3 Å². The highest BCUT2D eigenvalue weighted by molar-refractivity contribution is 5.79. The lowest BCUT2D eigenvalue weighted by atomic mass is 9.85. The van der Waals surface area contributed by atoms with Gasteiger partial charge in [-0.25, -0.2) is 0 Å². The first-order valence-corrected chi connectivity index (χ1v) is 6.46. The molecule has 0 aliphatic carbocycles. The molecule has 1 saturated heterocycles. The highest BCUT2D eigenvalue weighted by Crippen LogP contribution is 2.23. The third-order valence-corrected chi connectivity index (χ3v) is 3.77. The number of likely N-dealkylation sites (N-methyl/N-ethyl adjacent to an activating group) is 1. The number of amides is 1. The van der Waals surface area contributed by atoms with Crippen molar-refractivity contribution >= 4 is 11.9 Å². The van der Waals surface area contributed by atoms with Crippen molar-refractivity contribution in [2.75, 3.05) is 20.3 Å². The number of nitrogens with zero attached hydrogens (tertiary/aromatic N) is 1. The number of ether oxygens (including phenoxy) is 1. The van der Waals surface area contributed by atoms with Crippen LogP contribution in [-0.2, 0) is 14.3 Å². The second-order valence-corrected chi connectivity index (χ2v) is 6.23. The van der Waals surface area contributed by atoms with E-state index in [1.165, 1.54) is 4.90 Å².